The van der Waals surface area contributed by atoms with Crippen LogP contribution < -0.4 is 10.1 Å². The molecule has 6 nitrogen and oxygen atoms in total. The van der Waals surface area contributed by atoms with Crippen LogP contribution in [0.2, 0.25) is 0 Å². The fourth-order valence-corrected chi connectivity index (χ4v) is 3.77. The van der Waals surface area contributed by atoms with Crippen molar-refractivity contribution in [3.63, 3.8) is 0 Å². The summed E-state index contributed by atoms with van der Waals surface area (Å²) in [6, 6.07) is 8.28. The average molecular weight is 361 g/mol. The van der Waals surface area contributed by atoms with Crippen LogP contribution in [0.4, 0.5) is 5.69 Å². The molecule has 2 saturated heterocycles. The zero-order valence-corrected chi connectivity index (χ0v) is 15.8. The summed E-state index contributed by atoms with van der Waals surface area (Å²) in [5.74, 6) is 0.780. The molecular weight excluding hydrogens is 330 g/mol. The van der Waals surface area contributed by atoms with Crippen molar-refractivity contribution in [3.8, 4) is 5.75 Å². The molecule has 6 heteroatoms. The molecule has 2 fully saturated rings. The highest BCUT2D eigenvalue weighted by Crippen LogP contribution is 2.24. The number of para-hydroxylation sites is 2. The molecule has 0 unspecified atom stereocenters. The third-order valence-corrected chi connectivity index (χ3v) is 5.24. The van der Waals surface area contributed by atoms with Gasteiger partial charge in [0.05, 0.1) is 25.5 Å². The molecule has 0 atom stereocenters. The Kier molecular flexibility index (Phi) is 7.29. The molecule has 0 radical (unpaired) electrons. The first kappa shape index (κ1) is 19.1. The molecule has 2 aliphatic rings. The minimum atomic E-state index is 0.0486. The number of hydrogen-bond donors (Lipinski definition) is 1. The first-order chi connectivity index (χ1) is 12.8. The summed E-state index contributed by atoms with van der Waals surface area (Å²) in [5, 5.41) is 2.98. The molecule has 1 N–H and O–H groups in total. The van der Waals surface area contributed by atoms with E-state index in [0.717, 1.165) is 57.4 Å². The lowest BCUT2D eigenvalue weighted by Gasteiger charge is -2.40. The van der Waals surface area contributed by atoms with Gasteiger partial charge in [-0.15, -0.1) is 0 Å². The van der Waals surface area contributed by atoms with Gasteiger partial charge in [-0.05, 0) is 45.0 Å². The van der Waals surface area contributed by atoms with Gasteiger partial charge in [-0.1, -0.05) is 12.1 Å². The van der Waals surface area contributed by atoms with Gasteiger partial charge in [0.1, 0.15) is 5.75 Å². The number of nitrogens with zero attached hydrogens (tertiary/aromatic N) is 2. The third kappa shape index (κ3) is 5.43. The van der Waals surface area contributed by atoms with E-state index in [1.807, 2.05) is 31.2 Å². The lowest BCUT2D eigenvalue weighted by Crippen LogP contribution is -2.49. The molecule has 2 aliphatic heterocycles. The summed E-state index contributed by atoms with van der Waals surface area (Å²) in [6.45, 7) is 9.35. The average Bonchev–Trinajstić information content (AvgIpc) is 2.69. The lowest BCUT2D eigenvalue weighted by molar-refractivity contribution is -0.116. The predicted molar refractivity (Wildman–Crippen MR) is 103 cm³/mol. The number of nitrogens with one attached hydrogen (secondary N) is 1. The highest BCUT2D eigenvalue weighted by atomic mass is 16.5. The number of carbonyl (C=O) groups excluding carboxylic acids is 1. The van der Waals surface area contributed by atoms with E-state index in [9.17, 15) is 4.79 Å². The number of ether oxygens (including phenoxy) is 2. The molecule has 2 heterocycles. The minimum absolute atomic E-state index is 0.0486. The van der Waals surface area contributed by atoms with Crippen LogP contribution in [0.15, 0.2) is 24.3 Å². The fourth-order valence-electron chi connectivity index (χ4n) is 3.77. The number of piperidine rings is 1. The zero-order valence-electron chi connectivity index (χ0n) is 15.8. The predicted octanol–water partition coefficient (Wildman–Crippen LogP) is 2.21. The number of morpholine rings is 1. The smallest absolute Gasteiger partial charge is 0.225 e. The Morgan fingerprint density at radius 1 is 1.19 bits per heavy atom. The quantitative estimate of drug-likeness (QED) is 0.807. The van der Waals surface area contributed by atoms with Crippen LogP contribution in [0.1, 0.15) is 26.2 Å². The van der Waals surface area contributed by atoms with Gasteiger partial charge in [-0.2, -0.15) is 0 Å². The van der Waals surface area contributed by atoms with Crippen molar-refractivity contribution in [2.24, 2.45) is 0 Å². The molecule has 26 heavy (non-hydrogen) atoms. The normalized spacial score (nSPS) is 20.0. The van der Waals surface area contributed by atoms with E-state index in [-0.39, 0.29) is 5.91 Å². The number of hydrogen-bond acceptors (Lipinski definition) is 5. The standard InChI is InChI=1S/C20H31N3O3/c1-2-26-19-6-4-3-5-18(19)21-20(24)9-12-22-10-7-17(8-11-22)23-13-15-25-16-14-23/h3-6,17H,2,7-16H2,1H3,(H,21,24). The fraction of sp³-hybridized carbons (Fsp3) is 0.650. The Hall–Kier alpha value is -1.63. The molecule has 144 valence electrons. The number of amides is 1. The topological polar surface area (TPSA) is 54.0 Å². The number of likely N-dealkylation sites (tertiary alicyclic amines) is 1. The molecule has 0 saturated carbocycles. The summed E-state index contributed by atoms with van der Waals surface area (Å²) in [7, 11) is 0. The third-order valence-electron chi connectivity index (χ3n) is 5.24. The maximum absolute atomic E-state index is 12.3. The van der Waals surface area contributed by atoms with Crippen LogP contribution >= 0.6 is 0 Å². The van der Waals surface area contributed by atoms with Gasteiger partial charge < -0.3 is 19.7 Å². The largest absolute Gasteiger partial charge is 0.492 e. The Labute approximate surface area is 156 Å². The maximum Gasteiger partial charge on any atom is 0.225 e. The summed E-state index contributed by atoms with van der Waals surface area (Å²) in [5.41, 5.74) is 0.755. The van der Waals surface area contributed by atoms with Crippen molar-refractivity contribution in [1.82, 2.24) is 9.80 Å². The van der Waals surface area contributed by atoms with Gasteiger partial charge >= 0.3 is 0 Å². The molecule has 3 rings (SSSR count). The molecule has 1 aromatic carbocycles. The maximum atomic E-state index is 12.3. The number of rotatable bonds is 7. The Morgan fingerprint density at radius 3 is 2.65 bits per heavy atom. The summed E-state index contributed by atoms with van der Waals surface area (Å²) < 4.78 is 11.0. The monoisotopic (exact) mass is 361 g/mol. The van der Waals surface area contributed by atoms with Crippen LogP contribution in [0.3, 0.4) is 0 Å². The Morgan fingerprint density at radius 2 is 1.92 bits per heavy atom. The number of carbonyl (C=O) groups is 1. The highest BCUT2D eigenvalue weighted by Gasteiger charge is 2.25. The second-order valence-electron chi connectivity index (χ2n) is 6.95. The number of anilines is 1. The first-order valence-corrected chi connectivity index (χ1v) is 9.82. The molecule has 0 aliphatic carbocycles. The van der Waals surface area contributed by atoms with Crippen LogP contribution in [0.25, 0.3) is 0 Å². The van der Waals surface area contributed by atoms with E-state index >= 15 is 0 Å². The summed E-state index contributed by atoms with van der Waals surface area (Å²) in [6.07, 6.45) is 2.90. The van der Waals surface area contributed by atoms with Gasteiger partial charge in [0.25, 0.3) is 0 Å². The molecule has 0 aromatic heterocycles. The highest BCUT2D eigenvalue weighted by molar-refractivity contribution is 5.92. The SMILES string of the molecule is CCOc1ccccc1NC(=O)CCN1CCC(N2CCOCC2)CC1. The van der Waals surface area contributed by atoms with Gasteiger partial charge in [0.15, 0.2) is 0 Å². The van der Waals surface area contributed by atoms with Crippen LogP contribution in [-0.2, 0) is 9.53 Å². The Bertz CT molecular complexity index is 567. The van der Waals surface area contributed by atoms with E-state index in [4.69, 9.17) is 9.47 Å². The second-order valence-corrected chi connectivity index (χ2v) is 6.95. The van der Waals surface area contributed by atoms with Gasteiger partial charge in [-0.3, -0.25) is 9.69 Å². The molecule has 1 amide bonds. The van der Waals surface area contributed by atoms with Crippen molar-refractivity contribution < 1.29 is 14.3 Å². The van der Waals surface area contributed by atoms with Crippen LogP contribution in [0.5, 0.6) is 5.75 Å². The molecule has 0 spiro atoms. The van der Waals surface area contributed by atoms with Crippen molar-refractivity contribution >= 4 is 11.6 Å². The van der Waals surface area contributed by atoms with Crippen molar-refractivity contribution in [3.05, 3.63) is 24.3 Å². The molecular formula is C20H31N3O3. The van der Waals surface area contributed by atoms with Crippen LogP contribution in [0, 0.1) is 0 Å². The Balaban J connectivity index is 1.39. The van der Waals surface area contributed by atoms with Crippen molar-refractivity contribution in [1.29, 1.82) is 0 Å². The van der Waals surface area contributed by atoms with E-state index in [0.29, 0.717) is 19.1 Å². The number of benzene rings is 1. The lowest BCUT2D eigenvalue weighted by atomic mass is 10.0. The minimum Gasteiger partial charge on any atom is -0.492 e. The van der Waals surface area contributed by atoms with Crippen molar-refractivity contribution in [2.45, 2.75) is 32.2 Å². The van der Waals surface area contributed by atoms with Crippen molar-refractivity contribution in [2.75, 3.05) is 57.9 Å². The first-order valence-electron chi connectivity index (χ1n) is 9.82. The van der Waals surface area contributed by atoms with Gasteiger partial charge in [0, 0.05) is 32.1 Å². The summed E-state index contributed by atoms with van der Waals surface area (Å²) >= 11 is 0. The van der Waals surface area contributed by atoms with Gasteiger partial charge in [0.2, 0.25) is 5.91 Å². The van der Waals surface area contributed by atoms with Crippen LogP contribution in [-0.4, -0.2) is 74.3 Å². The van der Waals surface area contributed by atoms with E-state index in [2.05, 4.69) is 15.1 Å². The van der Waals surface area contributed by atoms with E-state index in [1.165, 1.54) is 12.8 Å². The zero-order chi connectivity index (χ0) is 18.2. The van der Waals surface area contributed by atoms with E-state index < -0.39 is 0 Å². The van der Waals surface area contributed by atoms with Gasteiger partial charge in [-0.25, -0.2) is 0 Å². The molecule has 1 aromatic rings. The second kappa shape index (κ2) is 9.90. The summed E-state index contributed by atoms with van der Waals surface area (Å²) in [4.78, 5) is 17.3. The molecule has 0 bridgehead atoms. The van der Waals surface area contributed by atoms with E-state index in [1.54, 1.807) is 0 Å².